The number of methoxy groups -OCH3 is 2. The van der Waals surface area contributed by atoms with Crippen LogP contribution in [0.25, 0.3) is 0 Å². The van der Waals surface area contributed by atoms with E-state index in [1.807, 2.05) is 0 Å². The molecule has 0 radical (unpaired) electrons. The van der Waals surface area contributed by atoms with Gasteiger partial charge in [-0.05, 0) is 13.0 Å². The summed E-state index contributed by atoms with van der Waals surface area (Å²) >= 11 is 0. The standard InChI is InChI=1S/C37H63O29.K/c1-9-29(64-37-27(52)22(47)30(11(5-39)61-37)65-35-23(48)16(41)12(54-2)6-56-35)21(46)26(51)36(59-9)66-31-18(43)14(62-32(55-3)28(31)53)8-58-34-25(50)20(45)17(42)13(63-34)7-57-33-24(49)19(44)15(40)10(4-38)60-33;/h6,9-53H,4-5,7-8H2,1-3H3;/q-1;+1/t9?,10?,11?,12-,13?,14?,15-,16?,17-,18-,19+,20+,21-,22-,23?,24?,25?,26?,27?,28?,29+,30-,31+,32-,33-,34+,35+,36+,37+;/m1./s1. The summed E-state index contributed by atoms with van der Waals surface area (Å²) in [6.07, 6.45) is -48.6. The van der Waals surface area contributed by atoms with Crippen molar-refractivity contribution < 1.29 is 195 Å². The molecular weight excluding hydrogens is 947 g/mol. The number of ether oxygens (including phenoxy) is 13. The van der Waals surface area contributed by atoms with Crippen LogP contribution >= 0.6 is 0 Å². The van der Waals surface area contributed by atoms with E-state index in [2.05, 4.69) is 0 Å². The molecule has 29 atom stereocenters. The Hall–Kier alpha value is 0.476. The second-order valence-corrected chi connectivity index (χ2v) is 16.7. The Kier molecular flexibility index (Phi) is 22.3. The molecule has 0 aliphatic carbocycles. The molecule has 0 amide bonds. The molecule has 67 heavy (non-hydrogen) atoms. The summed E-state index contributed by atoms with van der Waals surface area (Å²) in [5.41, 5.74) is 0. The zero-order valence-corrected chi connectivity index (χ0v) is 39.7. The van der Waals surface area contributed by atoms with E-state index < -0.39 is 205 Å². The molecule has 0 aromatic rings. The fourth-order valence-corrected chi connectivity index (χ4v) is 8.25. The van der Waals surface area contributed by atoms with Crippen molar-refractivity contribution in [2.24, 2.45) is 0 Å². The second-order valence-electron chi connectivity index (χ2n) is 16.7. The molecule has 0 spiro atoms. The number of aliphatic hydroxyl groups is 16. The molecule has 386 valence electrons. The Morgan fingerprint density at radius 3 is 1.37 bits per heavy atom. The molecule has 0 bridgehead atoms. The van der Waals surface area contributed by atoms with Crippen LogP contribution in [0, 0.1) is 6.61 Å². The number of hydrogen-bond donors (Lipinski definition) is 16. The molecule has 6 aliphatic heterocycles. The number of hydrogen-bond acceptors (Lipinski definition) is 29. The van der Waals surface area contributed by atoms with Gasteiger partial charge in [-0.25, -0.2) is 0 Å². The van der Waals surface area contributed by atoms with Crippen molar-refractivity contribution in [1.82, 2.24) is 0 Å². The third kappa shape index (κ3) is 12.7. The third-order valence-corrected chi connectivity index (χ3v) is 12.3. The van der Waals surface area contributed by atoms with Gasteiger partial charge in [0.1, 0.15) is 122 Å². The van der Waals surface area contributed by atoms with E-state index in [-0.39, 0.29) is 51.4 Å². The minimum Gasteiger partial charge on any atom is -0.525 e. The Labute approximate surface area is 424 Å². The molecule has 0 aromatic carbocycles. The maximum absolute atomic E-state index is 11.4. The minimum absolute atomic E-state index is 0. The average Bonchev–Trinajstić information content (AvgIpc) is 3.30. The van der Waals surface area contributed by atoms with Gasteiger partial charge >= 0.3 is 51.4 Å². The molecule has 6 rings (SSSR count). The Balaban J connectivity index is 0.00000840. The predicted molar refractivity (Wildman–Crippen MR) is 201 cm³/mol. The maximum atomic E-state index is 11.4. The largest absolute Gasteiger partial charge is 1.00 e. The topological polar surface area (TPSA) is 444 Å². The summed E-state index contributed by atoms with van der Waals surface area (Å²) < 4.78 is 71.6. The van der Waals surface area contributed by atoms with Crippen LogP contribution in [0.1, 0.15) is 6.92 Å². The van der Waals surface area contributed by atoms with Crippen LogP contribution in [-0.4, -0.2) is 300 Å². The van der Waals surface area contributed by atoms with Gasteiger partial charge in [0.25, 0.3) is 0 Å². The maximum Gasteiger partial charge on any atom is 1.00 e. The minimum atomic E-state index is -2.01. The van der Waals surface area contributed by atoms with E-state index in [9.17, 15) is 81.7 Å². The Morgan fingerprint density at radius 2 is 0.821 bits per heavy atom. The van der Waals surface area contributed by atoms with Crippen LogP contribution < -0.4 is 51.4 Å². The van der Waals surface area contributed by atoms with Crippen molar-refractivity contribution in [2.75, 3.05) is 40.6 Å². The molecule has 6 aliphatic rings. The molecule has 12 unspecified atom stereocenters. The van der Waals surface area contributed by atoms with E-state index in [1.54, 1.807) is 0 Å². The van der Waals surface area contributed by atoms with Crippen molar-refractivity contribution in [3.8, 4) is 0 Å². The van der Waals surface area contributed by atoms with Gasteiger partial charge in [-0.2, -0.15) is 6.61 Å². The van der Waals surface area contributed by atoms with Gasteiger partial charge in [-0.1, -0.05) is 0 Å². The summed E-state index contributed by atoms with van der Waals surface area (Å²) in [7, 11) is 2.39. The molecule has 0 aromatic heterocycles. The number of rotatable bonds is 16. The zero-order chi connectivity index (χ0) is 48.5. The summed E-state index contributed by atoms with van der Waals surface area (Å²) in [6.45, 7) is -0.553. The van der Waals surface area contributed by atoms with E-state index in [1.165, 1.54) is 14.0 Å². The van der Waals surface area contributed by atoms with Crippen LogP contribution in [-0.2, 0) is 61.6 Å². The van der Waals surface area contributed by atoms with E-state index in [0.717, 1.165) is 13.7 Å². The zero-order valence-electron chi connectivity index (χ0n) is 36.6. The molecule has 6 heterocycles. The Bertz CT molecular complexity index is 1480. The monoisotopic (exact) mass is 1010 g/mol. The van der Waals surface area contributed by atoms with Gasteiger partial charge < -0.3 is 143 Å². The van der Waals surface area contributed by atoms with Crippen LogP contribution in [0.5, 0.6) is 0 Å². The van der Waals surface area contributed by atoms with Crippen molar-refractivity contribution >= 4 is 0 Å². The average molecular weight is 1010 g/mol. The fourth-order valence-electron chi connectivity index (χ4n) is 8.25. The van der Waals surface area contributed by atoms with Gasteiger partial charge in [-0.3, -0.25) is 0 Å². The normalized spacial score (nSPS) is 52.1. The first-order chi connectivity index (χ1) is 31.3. The first-order valence-electron chi connectivity index (χ1n) is 21.0. The molecule has 29 nitrogen and oxygen atoms in total. The van der Waals surface area contributed by atoms with Crippen molar-refractivity contribution in [3.63, 3.8) is 0 Å². The molecular formula is C37H63KO29. The van der Waals surface area contributed by atoms with Gasteiger partial charge in [0.15, 0.2) is 37.7 Å². The SMILES string of the molecule is CO[C@@H]1OC(CO[C@H]2OC(CO[C@@H]3OC(CO)[C@@H](O)[C@H](O)C3O)[C@@H](O)[C@H](O)C2O)[C@@H](O)[C@H](O[C@@H]2OC(C)[C@H](O[C@@H]3OC(CO)[C@@H](O[C@@H]4O[CH-][C@@H](OC)C(O)C4O)[C@H](O)C3O)[C@H](O)C2O)C1O.[K+]. The van der Waals surface area contributed by atoms with Crippen molar-refractivity contribution in [2.45, 2.75) is 185 Å². The van der Waals surface area contributed by atoms with Gasteiger partial charge in [-0.15, -0.1) is 0 Å². The molecule has 6 fully saturated rings. The van der Waals surface area contributed by atoms with E-state index >= 15 is 0 Å². The number of aliphatic hydroxyl groups excluding tert-OH is 16. The van der Waals surface area contributed by atoms with Gasteiger partial charge in [0.2, 0.25) is 0 Å². The molecule has 0 saturated carbocycles. The van der Waals surface area contributed by atoms with Crippen LogP contribution in [0.4, 0.5) is 0 Å². The van der Waals surface area contributed by atoms with Crippen LogP contribution in [0.2, 0.25) is 0 Å². The van der Waals surface area contributed by atoms with Crippen LogP contribution in [0.3, 0.4) is 0 Å². The smallest absolute Gasteiger partial charge is 0.525 e. The summed E-state index contributed by atoms with van der Waals surface area (Å²) in [4.78, 5) is 0. The molecule has 16 N–H and O–H groups in total. The third-order valence-electron chi connectivity index (χ3n) is 12.3. The predicted octanol–water partition coefficient (Wildman–Crippen LogP) is -14.0. The van der Waals surface area contributed by atoms with Crippen LogP contribution in [0.15, 0.2) is 0 Å². The van der Waals surface area contributed by atoms with E-state index in [4.69, 9.17) is 61.6 Å². The van der Waals surface area contributed by atoms with Crippen molar-refractivity contribution in [3.05, 3.63) is 6.61 Å². The second kappa shape index (κ2) is 25.6. The summed E-state index contributed by atoms with van der Waals surface area (Å²) in [5, 5.41) is 169. The molecule has 30 heteroatoms. The fraction of sp³-hybridized carbons (Fsp3) is 0.973. The first-order valence-corrected chi connectivity index (χ1v) is 21.0. The Morgan fingerprint density at radius 1 is 0.388 bits per heavy atom. The van der Waals surface area contributed by atoms with Crippen molar-refractivity contribution in [1.29, 1.82) is 0 Å². The van der Waals surface area contributed by atoms with Gasteiger partial charge in [0.05, 0.1) is 38.6 Å². The van der Waals surface area contributed by atoms with E-state index in [0.29, 0.717) is 0 Å². The summed E-state index contributed by atoms with van der Waals surface area (Å²) in [6, 6.07) is 0. The molecule has 6 saturated heterocycles. The van der Waals surface area contributed by atoms with Gasteiger partial charge in [0, 0.05) is 14.2 Å². The quantitative estimate of drug-likeness (QED) is 0.0504. The first kappa shape index (κ1) is 58.4. The summed E-state index contributed by atoms with van der Waals surface area (Å²) in [5.74, 6) is 0.